The molecule has 1 aromatic carbocycles. The fraction of sp³-hybridized carbons (Fsp3) is 0.235. The Kier molecular flexibility index (Phi) is 6.36. The first-order valence-electron chi connectivity index (χ1n) is 6.99. The summed E-state index contributed by atoms with van der Waals surface area (Å²) in [5.41, 5.74) is 1.19. The number of hydrogen-bond acceptors (Lipinski definition) is 3. The molecule has 1 unspecified atom stereocenters. The molecule has 0 saturated carbocycles. The van der Waals surface area contributed by atoms with Gasteiger partial charge >= 0.3 is 0 Å². The normalized spacial score (nSPS) is 12.7. The zero-order valence-electron chi connectivity index (χ0n) is 12.6. The number of rotatable bonds is 6. The topological polar surface area (TPSA) is 32.3 Å². The zero-order valence-corrected chi connectivity index (χ0v) is 15.0. The molecule has 0 spiro atoms. The summed E-state index contributed by atoms with van der Waals surface area (Å²) in [7, 11) is 4.03. The Bertz CT molecular complexity index is 637. The molecule has 2 rings (SSSR count). The lowest BCUT2D eigenvalue weighted by Crippen LogP contribution is -2.33. The molecule has 0 aliphatic heterocycles. The van der Waals surface area contributed by atoms with Crippen molar-refractivity contribution in [2.45, 2.75) is 6.04 Å². The van der Waals surface area contributed by atoms with E-state index in [1.807, 2.05) is 50.5 Å². The lowest BCUT2D eigenvalue weighted by Gasteiger charge is -2.24. The molecule has 116 valence electrons. The summed E-state index contributed by atoms with van der Waals surface area (Å²) in [5, 5.41) is 2.97. The van der Waals surface area contributed by atoms with Crippen molar-refractivity contribution in [3.05, 3.63) is 62.8 Å². The molecule has 0 fully saturated rings. The molecule has 1 aromatic heterocycles. The molecule has 1 N–H and O–H groups in total. The minimum absolute atomic E-state index is 0.0766. The van der Waals surface area contributed by atoms with Gasteiger partial charge in [0.2, 0.25) is 5.91 Å². The summed E-state index contributed by atoms with van der Waals surface area (Å²) in [5.74, 6) is -0.0766. The summed E-state index contributed by atoms with van der Waals surface area (Å²) in [6.45, 7) is 0.578. The largest absolute Gasteiger partial charge is 0.351 e. The van der Waals surface area contributed by atoms with Gasteiger partial charge in [-0.15, -0.1) is 11.3 Å². The molecule has 3 nitrogen and oxygen atoms in total. The number of amides is 1. The fourth-order valence-corrected chi connectivity index (χ4v) is 3.43. The molecule has 5 heteroatoms. The van der Waals surface area contributed by atoms with Crippen LogP contribution >= 0.6 is 27.3 Å². The van der Waals surface area contributed by atoms with E-state index in [-0.39, 0.29) is 11.9 Å². The number of carbonyl (C=O) groups excluding carboxylic acids is 1. The van der Waals surface area contributed by atoms with Crippen LogP contribution in [-0.2, 0) is 4.79 Å². The van der Waals surface area contributed by atoms with Crippen molar-refractivity contribution in [1.29, 1.82) is 0 Å². The van der Waals surface area contributed by atoms with E-state index in [2.05, 4.69) is 38.3 Å². The summed E-state index contributed by atoms with van der Waals surface area (Å²) in [4.78, 5) is 15.1. The van der Waals surface area contributed by atoms with Crippen molar-refractivity contribution in [2.24, 2.45) is 0 Å². The van der Waals surface area contributed by atoms with Crippen LogP contribution in [-0.4, -0.2) is 31.4 Å². The molecule has 22 heavy (non-hydrogen) atoms. The molecule has 0 aliphatic rings. The number of nitrogens with zero attached hydrogens (tertiary/aromatic N) is 1. The van der Waals surface area contributed by atoms with E-state index < -0.39 is 0 Å². The van der Waals surface area contributed by atoms with Gasteiger partial charge in [-0.3, -0.25) is 4.79 Å². The summed E-state index contributed by atoms with van der Waals surface area (Å²) >= 11 is 5.01. The average Bonchev–Trinajstić information content (AvgIpc) is 2.92. The Labute approximate surface area is 143 Å². The van der Waals surface area contributed by atoms with Crippen LogP contribution in [0.4, 0.5) is 0 Å². The van der Waals surface area contributed by atoms with E-state index in [1.165, 1.54) is 5.56 Å². The first kappa shape index (κ1) is 16.9. The van der Waals surface area contributed by atoms with Gasteiger partial charge in [0.25, 0.3) is 0 Å². The van der Waals surface area contributed by atoms with Crippen molar-refractivity contribution in [1.82, 2.24) is 10.2 Å². The third-order valence-electron chi connectivity index (χ3n) is 3.27. The first-order valence-corrected chi connectivity index (χ1v) is 8.60. The quantitative estimate of drug-likeness (QED) is 0.771. The van der Waals surface area contributed by atoms with Gasteiger partial charge in [0, 0.05) is 17.5 Å². The van der Waals surface area contributed by atoms with E-state index in [0.29, 0.717) is 6.54 Å². The van der Waals surface area contributed by atoms with Crippen LogP contribution in [0.2, 0.25) is 0 Å². The number of likely N-dealkylation sites (N-methyl/N-ethyl adjacent to an activating group) is 1. The maximum absolute atomic E-state index is 12.0. The van der Waals surface area contributed by atoms with Gasteiger partial charge in [0.05, 0.1) is 9.83 Å². The molecular formula is C17H19BrN2OS. The lowest BCUT2D eigenvalue weighted by molar-refractivity contribution is -0.116. The van der Waals surface area contributed by atoms with Crippen LogP contribution in [0.3, 0.4) is 0 Å². The van der Waals surface area contributed by atoms with E-state index in [9.17, 15) is 4.79 Å². The van der Waals surface area contributed by atoms with Gasteiger partial charge < -0.3 is 10.2 Å². The maximum atomic E-state index is 12.0. The Balaban J connectivity index is 1.92. The Morgan fingerprint density at radius 2 is 2.00 bits per heavy atom. The van der Waals surface area contributed by atoms with Crippen molar-refractivity contribution in [3.8, 4) is 0 Å². The number of thiophene rings is 1. The van der Waals surface area contributed by atoms with Gasteiger partial charge in [-0.1, -0.05) is 30.3 Å². The molecule has 0 bridgehead atoms. The summed E-state index contributed by atoms with van der Waals surface area (Å²) in [6, 6.07) is 14.3. The maximum Gasteiger partial charge on any atom is 0.244 e. The van der Waals surface area contributed by atoms with E-state index in [4.69, 9.17) is 0 Å². The van der Waals surface area contributed by atoms with Gasteiger partial charge in [-0.2, -0.15) is 0 Å². The highest BCUT2D eigenvalue weighted by Crippen LogP contribution is 2.23. The van der Waals surface area contributed by atoms with Gasteiger partial charge in [-0.05, 0) is 53.8 Å². The predicted octanol–water partition coefficient (Wildman–Crippen LogP) is 3.94. The minimum Gasteiger partial charge on any atom is -0.351 e. The highest BCUT2D eigenvalue weighted by atomic mass is 79.9. The van der Waals surface area contributed by atoms with Gasteiger partial charge in [-0.25, -0.2) is 0 Å². The molecule has 0 aliphatic carbocycles. The first-order chi connectivity index (χ1) is 10.6. The number of carbonyl (C=O) groups is 1. The second-order valence-corrected chi connectivity index (χ2v) is 7.61. The van der Waals surface area contributed by atoms with Crippen molar-refractivity contribution in [3.63, 3.8) is 0 Å². The van der Waals surface area contributed by atoms with Crippen molar-refractivity contribution < 1.29 is 4.79 Å². The van der Waals surface area contributed by atoms with Gasteiger partial charge in [0.15, 0.2) is 0 Å². The highest BCUT2D eigenvalue weighted by molar-refractivity contribution is 9.11. The average molecular weight is 379 g/mol. The molecule has 1 atom stereocenters. The minimum atomic E-state index is -0.0766. The van der Waals surface area contributed by atoms with Gasteiger partial charge in [0.1, 0.15) is 0 Å². The van der Waals surface area contributed by atoms with Crippen LogP contribution in [0.5, 0.6) is 0 Å². The number of nitrogens with one attached hydrogen (secondary N) is 1. The Hall–Kier alpha value is -1.43. The molecule has 0 radical (unpaired) electrons. The van der Waals surface area contributed by atoms with Crippen LogP contribution in [0, 0.1) is 0 Å². The van der Waals surface area contributed by atoms with E-state index >= 15 is 0 Å². The molecule has 2 aromatic rings. The van der Waals surface area contributed by atoms with Crippen LogP contribution in [0.15, 0.2) is 52.3 Å². The second kappa shape index (κ2) is 8.27. The smallest absolute Gasteiger partial charge is 0.244 e. The second-order valence-electron chi connectivity index (χ2n) is 5.11. The Morgan fingerprint density at radius 1 is 1.27 bits per heavy atom. The van der Waals surface area contributed by atoms with Crippen LogP contribution in [0.1, 0.15) is 16.5 Å². The third kappa shape index (κ3) is 5.09. The van der Waals surface area contributed by atoms with Crippen LogP contribution in [0.25, 0.3) is 6.08 Å². The number of benzene rings is 1. The van der Waals surface area contributed by atoms with E-state index in [1.54, 1.807) is 17.4 Å². The van der Waals surface area contributed by atoms with Crippen LogP contribution < -0.4 is 5.32 Å². The fourth-order valence-electron chi connectivity index (χ4n) is 2.11. The monoisotopic (exact) mass is 378 g/mol. The SMILES string of the molecule is CN(C)C(CNC(=O)/C=C/c1ccc(Br)s1)c1ccccc1. The third-order valence-corrected chi connectivity index (χ3v) is 4.86. The molecule has 0 saturated heterocycles. The lowest BCUT2D eigenvalue weighted by atomic mass is 10.1. The molecular weight excluding hydrogens is 360 g/mol. The Morgan fingerprint density at radius 3 is 2.59 bits per heavy atom. The van der Waals surface area contributed by atoms with E-state index in [0.717, 1.165) is 8.66 Å². The number of halogens is 1. The standard InChI is InChI=1S/C17H19BrN2OS/c1-20(2)15(13-6-4-3-5-7-13)12-19-17(21)11-9-14-8-10-16(18)22-14/h3-11,15H,12H2,1-2H3,(H,19,21)/b11-9+. The highest BCUT2D eigenvalue weighted by Gasteiger charge is 2.14. The zero-order chi connectivity index (χ0) is 15.9. The van der Waals surface area contributed by atoms with Crippen molar-refractivity contribution >= 4 is 39.2 Å². The van der Waals surface area contributed by atoms with Crippen molar-refractivity contribution in [2.75, 3.05) is 20.6 Å². The summed E-state index contributed by atoms with van der Waals surface area (Å²) < 4.78 is 1.06. The number of hydrogen-bond donors (Lipinski definition) is 1. The predicted molar refractivity (Wildman–Crippen MR) is 96.9 cm³/mol. The summed E-state index contributed by atoms with van der Waals surface area (Å²) in [6.07, 6.45) is 3.41. The molecule has 1 heterocycles. The molecule has 1 amide bonds.